The van der Waals surface area contributed by atoms with Gasteiger partial charge in [0.2, 0.25) is 0 Å². The molecule has 180 valence electrons. The molecule has 2 atom stereocenters. The van der Waals surface area contributed by atoms with Crippen LogP contribution in [0.3, 0.4) is 0 Å². The van der Waals surface area contributed by atoms with E-state index in [0.717, 1.165) is 22.4 Å². The standard InChI is InChI=1S/C25H25FN6O2S/c1-17-4-3-5-19(10-17)22-11-24(28-15-27-22)30-23-13-32(35(33,34)25-14-31(2)16-29-25)12-21(23)18-6-8-20(26)9-7-18/h3-11,14-16,21,23H,12-13H2,1-2H3,(H,27,28,30)/t21-,23+/m1/s1. The Labute approximate surface area is 203 Å². The lowest BCUT2D eigenvalue weighted by atomic mass is 9.94. The van der Waals surface area contributed by atoms with Crippen molar-refractivity contribution >= 4 is 15.8 Å². The van der Waals surface area contributed by atoms with Crippen LogP contribution in [0.25, 0.3) is 11.3 Å². The number of hydrogen-bond acceptors (Lipinski definition) is 6. The number of nitrogens with zero attached hydrogens (tertiary/aromatic N) is 5. The summed E-state index contributed by atoms with van der Waals surface area (Å²) >= 11 is 0. The van der Waals surface area contributed by atoms with Crippen LogP contribution < -0.4 is 5.32 Å². The van der Waals surface area contributed by atoms with Crippen molar-refractivity contribution in [1.82, 2.24) is 23.8 Å². The molecule has 35 heavy (non-hydrogen) atoms. The maximum Gasteiger partial charge on any atom is 0.262 e. The third kappa shape index (κ3) is 4.80. The Kier molecular flexibility index (Phi) is 6.08. The number of aryl methyl sites for hydroxylation is 2. The molecule has 0 spiro atoms. The Hall–Kier alpha value is -3.63. The lowest BCUT2D eigenvalue weighted by molar-refractivity contribution is 0.468. The molecule has 1 aliphatic heterocycles. The molecule has 1 N–H and O–H groups in total. The number of nitrogens with one attached hydrogen (secondary N) is 1. The first-order valence-corrected chi connectivity index (χ1v) is 12.6. The van der Waals surface area contributed by atoms with Crippen molar-refractivity contribution in [2.75, 3.05) is 18.4 Å². The predicted octanol–water partition coefficient (Wildman–Crippen LogP) is 3.59. The van der Waals surface area contributed by atoms with E-state index in [0.29, 0.717) is 5.82 Å². The second-order valence-corrected chi connectivity index (χ2v) is 10.7. The number of anilines is 1. The van der Waals surface area contributed by atoms with Crippen LogP contribution in [0.1, 0.15) is 17.0 Å². The number of benzene rings is 2. The molecule has 10 heteroatoms. The zero-order chi connectivity index (χ0) is 24.6. The largest absolute Gasteiger partial charge is 0.365 e. The maximum atomic E-state index is 13.6. The number of imidazole rings is 1. The Morgan fingerprint density at radius 1 is 1.03 bits per heavy atom. The molecular weight excluding hydrogens is 467 g/mol. The Morgan fingerprint density at radius 2 is 1.83 bits per heavy atom. The molecule has 1 fully saturated rings. The summed E-state index contributed by atoms with van der Waals surface area (Å²) in [5.41, 5.74) is 3.70. The monoisotopic (exact) mass is 492 g/mol. The molecule has 0 bridgehead atoms. The van der Waals surface area contributed by atoms with E-state index in [1.807, 2.05) is 37.3 Å². The fourth-order valence-electron chi connectivity index (χ4n) is 4.40. The fraction of sp³-hybridized carbons (Fsp3) is 0.240. The van der Waals surface area contributed by atoms with Gasteiger partial charge in [0.1, 0.15) is 18.0 Å². The van der Waals surface area contributed by atoms with E-state index in [1.54, 1.807) is 23.7 Å². The van der Waals surface area contributed by atoms with Gasteiger partial charge >= 0.3 is 0 Å². The van der Waals surface area contributed by atoms with Crippen molar-refractivity contribution < 1.29 is 12.8 Å². The highest BCUT2D eigenvalue weighted by atomic mass is 32.2. The van der Waals surface area contributed by atoms with E-state index in [2.05, 4.69) is 20.3 Å². The second-order valence-electron chi connectivity index (χ2n) is 8.77. The van der Waals surface area contributed by atoms with Gasteiger partial charge in [-0.25, -0.2) is 27.8 Å². The van der Waals surface area contributed by atoms with Crippen LogP contribution in [0.15, 0.2) is 78.5 Å². The number of hydrogen-bond donors (Lipinski definition) is 1. The smallest absolute Gasteiger partial charge is 0.262 e. The zero-order valence-electron chi connectivity index (χ0n) is 19.3. The molecule has 0 saturated carbocycles. The van der Waals surface area contributed by atoms with Crippen molar-refractivity contribution in [2.24, 2.45) is 7.05 Å². The van der Waals surface area contributed by atoms with Crippen molar-refractivity contribution in [3.8, 4) is 11.3 Å². The highest BCUT2D eigenvalue weighted by Crippen LogP contribution is 2.33. The van der Waals surface area contributed by atoms with Gasteiger partial charge in [0, 0.05) is 49.9 Å². The molecular formula is C25H25FN6O2S. The zero-order valence-corrected chi connectivity index (χ0v) is 20.2. The summed E-state index contributed by atoms with van der Waals surface area (Å²) in [6, 6.07) is 15.8. The molecule has 0 radical (unpaired) electrons. The molecule has 1 aliphatic rings. The number of aromatic nitrogens is 4. The molecule has 0 aliphatic carbocycles. The van der Waals surface area contributed by atoms with Crippen molar-refractivity contribution in [3.05, 3.63) is 90.4 Å². The minimum Gasteiger partial charge on any atom is -0.365 e. The van der Waals surface area contributed by atoms with Gasteiger partial charge in [-0.05, 0) is 30.7 Å². The third-order valence-electron chi connectivity index (χ3n) is 6.18. The number of rotatable bonds is 6. The quantitative estimate of drug-likeness (QED) is 0.442. The normalized spacial score (nSPS) is 18.6. The van der Waals surface area contributed by atoms with Gasteiger partial charge in [-0.2, -0.15) is 4.31 Å². The number of halogens is 1. The average Bonchev–Trinajstić information content (AvgIpc) is 3.47. The summed E-state index contributed by atoms with van der Waals surface area (Å²) < 4.78 is 43.2. The summed E-state index contributed by atoms with van der Waals surface area (Å²) in [6.07, 6.45) is 4.44. The van der Waals surface area contributed by atoms with Crippen molar-refractivity contribution in [1.29, 1.82) is 0 Å². The van der Waals surface area contributed by atoms with Gasteiger partial charge in [0.25, 0.3) is 10.0 Å². The maximum absolute atomic E-state index is 13.6. The fourth-order valence-corrected chi connectivity index (χ4v) is 5.86. The molecule has 1 saturated heterocycles. The van der Waals surface area contributed by atoms with E-state index in [9.17, 15) is 12.8 Å². The minimum absolute atomic E-state index is 0.00211. The van der Waals surface area contributed by atoms with Crippen molar-refractivity contribution in [3.63, 3.8) is 0 Å². The molecule has 8 nitrogen and oxygen atoms in total. The minimum atomic E-state index is -3.79. The SMILES string of the molecule is Cc1cccc(-c2cc(N[C@H]3CN(S(=O)(=O)c4cn(C)cn4)C[C@@H]3c3ccc(F)cc3)ncn2)c1. The average molecular weight is 493 g/mol. The first-order valence-electron chi connectivity index (χ1n) is 11.2. The molecule has 0 unspecified atom stereocenters. The topological polar surface area (TPSA) is 93.0 Å². The lowest BCUT2D eigenvalue weighted by Gasteiger charge is -2.21. The van der Waals surface area contributed by atoms with Gasteiger partial charge in [0.05, 0.1) is 12.0 Å². The van der Waals surface area contributed by atoms with Gasteiger partial charge in [-0.1, -0.05) is 35.9 Å². The Bertz CT molecular complexity index is 1450. The summed E-state index contributed by atoms with van der Waals surface area (Å²) in [5.74, 6) is 0.0324. The second kappa shape index (κ2) is 9.20. The van der Waals surface area contributed by atoms with Gasteiger partial charge in [-0.3, -0.25) is 0 Å². The van der Waals surface area contributed by atoms with Crippen LogP contribution in [0, 0.1) is 12.7 Å². The molecule has 0 amide bonds. The summed E-state index contributed by atoms with van der Waals surface area (Å²) in [6.45, 7) is 2.47. The van der Waals surface area contributed by atoms with E-state index < -0.39 is 10.0 Å². The Balaban J connectivity index is 1.46. The summed E-state index contributed by atoms with van der Waals surface area (Å²) in [5, 5.41) is 3.41. The van der Waals surface area contributed by atoms with Crippen LogP contribution in [0.4, 0.5) is 10.2 Å². The van der Waals surface area contributed by atoms with E-state index in [4.69, 9.17) is 0 Å². The van der Waals surface area contributed by atoms with Crippen molar-refractivity contribution in [2.45, 2.75) is 23.9 Å². The van der Waals surface area contributed by atoms with Crippen LogP contribution in [-0.2, 0) is 17.1 Å². The Morgan fingerprint density at radius 3 is 2.54 bits per heavy atom. The van der Waals surface area contributed by atoms with E-state index in [-0.39, 0.29) is 35.9 Å². The van der Waals surface area contributed by atoms with E-state index >= 15 is 0 Å². The summed E-state index contributed by atoms with van der Waals surface area (Å²) in [7, 11) is -2.07. The number of sulfonamides is 1. The van der Waals surface area contributed by atoms with E-state index in [1.165, 1.54) is 35.3 Å². The van der Waals surface area contributed by atoms with Gasteiger partial charge in [-0.15, -0.1) is 0 Å². The van der Waals surface area contributed by atoms with Gasteiger partial charge in [0.15, 0.2) is 5.03 Å². The molecule has 3 heterocycles. The highest BCUT2D eigenvalue weighted by Gasteiger charge is 2.41. The first-order chi connectivity index (χ1) is 16.8. The van der Waals surface area contributed by atoms with Crippen LogP contribution in [0.5, 0.6) is 0 Å². The van der Waals surface area contributed by atoms with Crippen LogP contribution >= 0.6 is 0 Å². The lowest BCUT2D eigenvalue weighted by Crippen LogP contribution is -2.32. The molecule has 2 aromatic heterocycles. The third-order valence-corrected chi connectivity index (χ3v) is 7.90. The molecule has 4 aromatic rings. The predicted molar refractivity (Wildman–Crippen MR) is 131 cm³/mol. The first kappa shape index (κ1) is 23.1. The van der Waals surface area contributed by atoms with Crippen LogP contribution in [-0.4, -0.2) is 51.4 Å². The van der Waals surface area contributed by atoms with Gasteiger partial charge < -0.3 is 9.88 Å². The highest BCUT2D eigenvalue weighted by molar-refractivity contribution is 7.89. The molecule has 5 rings (SSSR count). The summed E-state index contributed by atoms with van der Waals surface area (Å²) in [4.78, 5) is 12.8. The van der Waals surface area contributed by atoms with Crippen LogP contribution in [0.2, 0.25) is 0 Å². The molecule has 2 aromatic carbocycles.